The molecule has 0 fully saturated rings. The summed E-state index contributed by atoms with van der Waals surface area (Å²) in [5.41, 5.74) is 4.59. The van der Waals surface area contributed by atoms with Crippen LogP contribution in [0, 0.1) is 0 Å². The first-order chi connectivity index (χ1) is 11.4. The number of amides is 2. The zero-order valence-corrected chi connectivity index (χ0v) is 14.3. The lowest BCUT2D eigenvalue weighted by Gasteiger charge is -2.11. The number of halogens is 1. The lowest BCUT2D eigenvalue weighted by Crippen LogP contribution is -2.49. The van der Waals surface area contributed by atoms with E-state index >= 15 is 0 Å². The van der Waals surface area contributed by atoms with Crippen LogP contribution < -0.4 is 20.9 Å². The molecule has 0 aliphatic carbocycles. The Morgan fingerprint density at radius 3 is 2.50 bits per heavy atom. The van der Waals surface area contributed by atoms with Crippen molar-refractivity contribution in [3.8, 4) is 5.75 Å². The number of carbonyl (C=O) groups is 3. The maximum Gasteiger partial charge on any atom is 0.306 e. The number of hydrogen-bond acceptors (Lipinski definition) is 6. The van der Waals surface area contributed by atoms with Gasteiger partial charge in [-0.05, 0) is 24.4 Å². The zero-order valence-electron chi connectivity index (χ0n) is 12.8. The molecule has 0 aliphatic rings. The molecule has 130 valence electrons. The van der Waals surface area contributed by atoms with E-state index in [1.807, 2.05) is 0 Å². The Kier molecular flexibility index (Phi) is 8.52. The maximum atomic E-state index is 11.6. The molecule has 0 aliphatic heterocycles. The van der Waals surface area contributed by atoms with Gasteiger partial charge in [-0.1, -0.05) is 23.7 Å². The van der Waals surface area contributed by atoms with Gasteiger partial charge >= 0.3 is 5.97 Å². The van der Waals surface area contributed by atoms with Crippen LogP contribution >= 0.6 is 23.8 Å². The van der Waals surface area contributed by atoms with Crippen LogP contribution in [0.5, 0.6) is 5.75 Å². The highest BCUT2D eigenvalue weighted by molar-refractivity contribution is 7.80. The number of ether oxygens (including phenoxy) is 2. The van der Waals surface area contributed by atoms with Gasteiger partial charge in [0, 0.05) is 6.42 Å². The fraction of sp³-hybridized carbons (Fsp3) is 0.286. The minimum absolute atomic E-state index is 0.0665. The summed E-state index contributed by atoms with van der Waals surface area (Å²) in [6, 6.07) is 6.70. The molecule has 0 bridgehead atoms. The molecular formula is C14H16ClN3O5S. The van der Waals surface area contributed by atoms with Gasteiger partial charge in [-0.15, -0.1) is 0 Å². The lowest BCUT2D eigenvalue weighted by atomic mass is 10.3. The number of para-hydroxylation sites is 1. The Morgan fingerprint density at radius 2 is 1.83 bits per heavy atom. The van der Waals surface area contributed by atoms with Crippen molar-refractivity contribution in [3.05, 3.63) is 29.3 Å². The predicted octanol–water partition coefficient (Wildman–Crippen LogP) is 0.694. The molecule has 1 aromatic rings. The van der Waals surface area contributed by atoms with Crippen LogP contribution in [0.3, 0.4) is 0 Å². The van der Waals surface area contributed by atoms with Crippen LogP contribution in [0.15, 0.2) is 24.3 Å². The van der Waals surface area contributed by atoms with Crippen molar-refractivity contribution >= 4 is 46.7 Å². The number of hydrogen-bond donors (Lipinski definition) is 3. The number of hydrazine groups is 1. The van der Waals surface area contributed by atoms with Crippen molar-refractivity contribution in [2.45, 2.75) is 12.8 Å². The van der Waals surface area contributed by atoms with Crippen molar-refractivity contribution in [1.82, 2.24) is 16.2 Å². The van der Waals surface area contributed by atoms with Crippen molar-refractivity contribution in [2.24, 2.45) is 0 Å². The highest BCUT2D eigenvalue weighted by Crippen LogP contribution is 2.22. The van der Waals surface area contributed by atoms with E-state index in [2.05, 4.69) is 20.9 Å². The first kappa shape index (κ1) is 19.7. The first-order valence-electron chi connectivity index (χ1n) is 6.75. The van der Waals surface area contributed by atoms with Gasteiger partial charge in [0.2, 0.25) is 5.91 Å². The van der Waals surface area contributed by atoms with Crippen LogP contribution in [0.4, 0.5) is 0 Å². The third-order valence-electron chi connectivity index (χ3n) is 2.55. The van der Waals surface area contributed by atoms with Crippen molar-refractivity contribution in [1.29, 1.82) is 0 Å². The Balaban J connectivity index is 2.24. The molecule has 8 nitrogen and oxygen atoms in total. The average Bonchev–Trinajstić information content (AvgIpc) is 2.57. The molecule has 0 radical (unpaired) electrons. The molecule has 3 N–H and O–H groups in total. The molecule has 0 heterocycles. The van der Waals surface area contributed by atoms with Gasteiger partial charge in [0.25, 0.3) is 5.91 Å². The second kappa shape index (κ2) is 10.4. The van der Waals surface area contributed by atoms with E-state index in [1.165, 1.54) is 7.11 Å². The van der Waals surface area contributed by atoms with Crippen molar-refractivity contribution in [3.63, 3.8) is 0 Å². The van der Waals surface area contributed by atoms with E-state index in [0.29, 0.717) is 10.8 Å². The molecule has 2 amide bonds. The summed E-state index contributed by atoms with van der Waals surface area (Å²) in [4.78, 5) is 34.0. The minimum Gasteiger partial charge on any atom is -0.482 e. The molecular weight excluding hydrogens is 358 g/mol. The fourth-order valence-electron chi connectivity index (χ4n) is 1.41. The van der Waals surface area contributed by atoms with E-state index in [1.54, 1.807) is 24.3 Å². The summed E-state index contributed by atoms with van der Waals surface area (Å²) in [6.45, 7) is -0.296. The van der Waals surface area contributed by atoms with Gasteiger partial charge in [-0.2, -0.15) is 0 Å². The summed E-state index contributed by atoms with van der Waals surface area (Å²) >= 11 is 10.7. The molecule has 1 rings (SSSR count). The largest absolute Gasteiger partial charge is 0.482 e. The number of esters is 1. The summed E-state index contributed by atoms with van der Waals surface area (Å²) < 4.78 is 9.63. The molecule has 0 spiro atoms. The third kappa shape index (κ3) is 7.75. The van der Waals surface area contributed by atoms with Gasteiger partial charge in [0.15, 0.2) is 11.7 Å². The molecule has 0 unspecified atom stereocenters. The third-order valence-corrected chi connectivity index (χ3v) is 3.06. The van der Waals surface area contributed by atoms with Gasteiger partial charge < -0.3 is 14.8 Å². The van der Waals surface area contributed by atoms with E-state index in [4.69, 9.17) is 28.6 Å². The van der Waals surface area contributed by atoms with E-state index in [-0.39, 0.29) is 24.6 Å². The number of thiocarbonyl (C=S) groups is 1. The smallest absolute Gasteiger partial charge is 0.306 e. The van der Waals surface area contributed by atoms with Gasteiger partial charge in [-0.25, -0.2) is 0 Å². The maximum absolute atomic E-state index is 11.6. The summed E-state index contributed by atoms with van der Waals surface area (Å²) in [6.07, 6.45) is -0.152. The summed E-state index contributed by atoms with van der Waals surface area (Å²) in [7, 11) is 1.23. The fourth-order valence-corrected chi connectivity index (χ4v) is 1.76. The standard InChI is InChI=1S/C14H16ClN3O5S/c1-22-13(21)7-6-11(19)16-14(24)18-17-12(20)8-23-10-5-3-2-4-9(10)15/h2-5H,6-8H2,1H3,(H,17,20)(H2,16,18,19,24). The summed E-state index contributed by atoms with van der Waals surface area (Å²) in [5.74, 6) is -1.15. The number of methoxy groups -OCH3 is 1. The average molecular weight is 374 g/mol. The van der Waals surface area contributed by atoms with Gasteiger partial charge in [-0.3, -0.25) is 25.2 Å². The van der Waals surface area contributed by atoms with Gasteiger partial charge in [0.05, 0.1) is 18.6 Å². The monoisotopic (exact) mass is 373 g/mol. The van der Waals surface area contributed by atoms with E-state index in [9.17, 15) is 14.4 Å². The molecule has 10 heteroatoms. The Bertz CT molecular complexity index is 626. The summed E-state index contributed by atoms with van der Waals surface area (Å²) in [5, 5.41) is 2.56. The van der Waals surface area contributed by atoms with Crippen molar-refractivity contribution in [2.75, 3.05) is 13.7 Å². The number of carbonyl (C=O) groups excluding carboxylic acids is 3. The van der Waals surface area contributed by atoms with Crippen LogP contribution in [0.25, 0.3) is 0 Å². The highest BCUT2D eigenvalue weighted by Gasteiger charge is 2.09. The Labute approximate surface area is 148 Å². The number of rotatable bonds is 6. The minimum atomic E-state index is -0.527. The van der Waals surface area contributed by atoms with Crippen LogP contribution in [-0.2, 0) is 19.1 Å². The molecule has 1 aromatic carbocycles. The molecule has 0 aromatic heterocycles. The zero-order chi connectivity index (χ0) is 17.9. The highest BCUT2D eigenvalue weighted by atomic mass is 35.5. The van der Waals surface area contributed by atoms with Crippen LogP contribution in [-0.4, -0.2) is 36.6 Å². The van der Waals surface area contributed by atoms with E-state index in [0.717, 1.165) is 0 Å². The normalized spacial score (nSPS) is 9.58. The Morgan fingerprint density at radius 1 is 1.12 bits per heavy atom. The molecule has 0 saturated carbocycles. The second-order valence-electron chi connectivity index (χ2n) is 4.35. The van der Waals surface area contributed by atoms with Crippen LogP contribution in [0.2, 0.25) is 5.02 Å². The molecule has 0 atom stereocenters. The van der Waals surface area contributed by atoms with Crippen LogP contribution in [0.1, 0.15) is 12.8 Å². The lowest BCUT2D eigenvalue weighted by molar-refractivity contribution is -0.142. The SMILES string of the molecule is COC(=O)CCC(=O)NC(=S)NNC(=O)COc1ccccc1Cl. The van der Waals surface area contributed by atoms with E-state index < -0.39 is 17.8 Å². The van der Waals surface area contributed by atoms with Crippen molar-refractivity contribution < 1.29 is 23.9 Å². The molecule has 24 heavy (non-hydrogen) atoms. The first-order valence-corrected chi connectivity index (χ1v) is 7.53. The quantitative estimate of drug-likeness (QED) is 0.383. The number of nitrogens with one attached hydrogen (secondary N) is 3. The van der Waals surface area contributed by atoms with Gasteiger partial charge in [0.1, 0.15) is 5.75 Å². The topological polar surface area (TPSA) is 106 Å². The second-order valence-corrected chi connectivity index (χ2v) is 5.16. The molecule has 0 saturated heterocycles. The number of benzene rings is 1. The predicted molar refractivity (Wildman–Crippen MR) is 90.2 cm³/mol. The Hall–Kier alpha value is -2.39.